The average molecular weight is 850 g/mol. The summed E-state index contributed by atoms with van der Waals surface area (Å²) in [4.78, 5) is 20.0. The van der Waals surface area contributed by atoms with Gasteiger partial charge in [-0.05, 0) is 59.7 Å². The molecule has 0 aliphatic rings. The summed E-state index contributed by atoms with van der Waals surface area (Å²) in [6.45, 7) is 0. The molecule has 6 nitrogen and oxygen atoms in total. The Kier molecular flexibility index (Phi) is 8.60. The van der Waals surface area contributed by atoms with Crippen LogP contribution in [0.15, 0.2) is 217 Å². The second kappa shape index (κ2) is 15.1. The van der Waals surface area contributed by atoms with Crippen molar-refractivity contribution in [2.75, 3.05) is 0 Å². The molecule has 9 aromatic carbocycles. The van der Waals surface area contributed by atoms with E-state index in [0.29, 0.717) is 17.5 Å². The van der Waals surface area contributed by atoms with Crippen molar-refractivity contribution in [3.05, 3.63) is 212 Å². The van der Waals surface area contributed by atoms with Crippen molar-refractivity contribution in [1.82, 2.24) is 24.5 Å². The molecule has 65 heavy (non-hydrogen) atoms. The Morgan fingerprint density at radius 1 is 0.354 bits per heavy atom. The molecular formula is C58H35N5OS. The van der Waals surface area contributed by atoms with E-state index in [1.165, 1.54) is 10.8 Å². The number of thiazole rings is 1. The molecule has 0 radical (unpaired) electrons. The van der Waals surface area contributed by atoms with E-state index in [1.807, 2.05) is 66.7 Å². The minimum absolute atomic E-state index is 0.608. The molecule has 0 aliphatic carbocycles. The van der Waals surface area contributed by atoms with Crippen LogP contribution in [-0.2, 0) is 0 Å². The fourth-order valence-electron chi connectivity index (χ4n) is 9.22. The Balaban J connectivity index is 0.886. The van der Waals surface area contributed by atoms with Gasteiger partial charge in [0.2, 0.25) is 0 Å². The van der Waals surface area contributed by atoms with Crippen molar-refractivity contribution >= 4 is 65.3 Å². The Labute approximate surface area is 377 Å². The number of fused-ring (bicyclic) bond motifs is 7. The van der Waals surface area contributed by atoms with Gasteiger partial charge in [0, 0.05) is 60.6 Å². The molecule has 7 heteroatoms. The highest BCUT2D eigenvalue weighted by molar-refractivity contribution is 7.21. The molecule has 0 bridgehead atoms. The molecule has 0 saturated carbocycles. The maximum atomic E-state index is 6.83. The van der Waals surface area contributed by atoms with Crippen LogP contribution in [-0.4, -0.2) is 24.5 Å². The first-order valence-corrected chi connectivity index (χ1v) is 22.4. The summed E-state index contributed by atoms with van der Waals surface area (Å²) < 4.78 is 10.3. The van der Waals surface area contributed by atoms with Crippen LogP contribution in [0, 0.1) is 0 Å². The topological polar surface area (TPSA) is 69.6 Å². The van der Waals surface area contributed by atoms with Gasteiger partial charge in [-0.25, -0.2) is 19.9 Å². The molecule has 0 N–H and O–H groups in total. The second-order valence-corrected chi connectivity index (χ2v) is 17.2. The summed E-state index contributed by atoms with van der Waals surface area (Å²) in [5.74, 6) is 1.87. The first-order valence-electron chi connectivity index (χ1n) is 21.6. The average Bonchev–Trinajstić information content (AvgIpc) is 4.09. The predicted molar refractivity (Wildman–Crippen MR) is 267 cm³/mol. The summed E-state index contributed by atoms with van der Waals surface area (Å²) in [6.07, 6.45) is 0. The van der Waals surface area contributed by atoms with Crippen LogP contribution in [0.5, 0.6) is 0 Å². The SMILES string of the molecule is c1ccc(-c2nc(-c3ccccc3)nc(-c3ccc4sc(-c5cccc(-n6c7ccccc7c7cc(-c8cccc9c8oc8c(-c%10ccccc%10)cccc89)ccc76)c5)nc4c3)n2)cc1. The number of para-hydroxylation sites is 3. The van der Waals surface area contributed by atoms with Crippen LogP contribution < -0.4 is 0 Å². The first kappa shape index (κ1) is 37.1. The van der Waals surface area contributed by atoms with Gasteiger partial charge in [0.05, 0.1) is 21.3 Å². The standard InChI is InChI=1S/C58H35N5OS/c1-4-15-36(16-5-1)43-24-13-26-46-47-27-14-25-44(54(47)64-53(43)46)39-29-31-51-48(34-39)45-23-10-11-28-50(45)63(51)42-22-12-21-41(33-42)58-59-49-35-40(30-32-52(49)65-58)57-61-55(37-17-6-2-7-18-37)60-56(62-57)38-19-8-3-9-20-38/h1-35H. The van der Waals surface area contributed by atoms with E-state index in [1.54, 1.807) is 11.3 Å². The smallest absolute Gasteiger partial charge is 0.164 e. The number of hydrogen-bond acceptors (Lipinski definition) is 6. The van der Waals surface area contributed by atoms with Crippen molar-refractivity contribution < 1.29 is 4.42 Å². The minimum atomic E-state index is 0.608. The van der Waals surface area contributed by atoms with E-state index in [0.717, 1.165) is 98.4 Å². The molecule has 13 rings (SSSR count). The monoisotopic (exact) mass is 849 g/mol. The number of furan rings is 1. The molecule has 4 heterocycles. The highest BCUT2D eigenvalue weighted by atomic mass is 32.1. The van der Waals surface area contributed by atoms with Gasteiger partial charge in [-0.1, -0.05) is 164 Å². The summed E-state index contributed by atoms with van der Waals surface area (Å²) >= 11 is 1.69. The summed E-state index contributed by atoms with van der Waals surface area (Å²) in [5.41, 5.74) is 14.3. The van der Waals surface area contributed by atoms with Gasteiger partial charge in [-0.2, -0.15) is 0 Å². The van der Waals surface area contributed by atoms with Gasteiger partial charge in [-0.3, -0.25) is 0 Å². The largest absolute Gasteiger partial charge is 0.455 e. The minimum Gasteiger partial charge on any atom is -0.455 e. The zero-order valence-corrected chi connectivity index (χ0v) is 35.6. The maximum Gasteiger partial charge on any atom is 0.164 e. The van der Waals surface area contributed by atoms with Crippen molar-refractivity contribution in [3.63, 3.8) is 0 Å². The lowest BCUT2D eigenvalue weighted by atomic mass is 9.99. The highest BCUT2D eigenvalue weighted by Gasteiger charge is 2.19. The van der Waals surface area contributed by atoms with E-state index in [9.17, 15) is 0 Å². The van der Waals surface area contributed by atoms with Crippen LogP contribution in [0.4, 0.5) is 0 Å². The van der Waals surface area contributed by atoms with Crippen LogP contribution >= 0.6 is 11.3 Å². The fourth-order valence-corrected chi connectivity index (χ4v) is 10.2. The van der Waals surface area contributed by atoms with Gasteiger partial charge in [0.25, 0.3) is 0 Å². The highest BCUT2D eigenvalue weighted by Crippen LogP contribution is 2.42. The van der Waals surface area contributed by atoms with Crippen LogP contribution in [0.3, 0.4) is 0 Å². The molecule has 0 amide bonds. The molecule has 4 aromatic heterocycles. The molecule has 304 valence electrons. The predicted octanol–water partition coefficient (Wildman–Crippen LogP) is 15.5. The summed E-state index contributed by atoms with van der Waals surface area (Å²) in [7, 11) is 0. The van der Waals surface area contributed by atoms with Gasteiger partial charge in [-0.15, -0.1) is 11.3 Å². The van der Waals surface area contributed by atoms with Crippen molar-refractivity contribution in [1.29, 1.82) is 0 Å². The van der Waals surface area contributed by atoms with E-state index in [2.05, 4.69) is 150 Å². The summed E-state index contributed by atoms with van der Waals surface area (Å²) in [6, 6.07) is 74.0. The lowest BCUT2D eigenvalue weighted by Gasteiger charge is -2.10. The zero-order valence-electron chi connectivity index (χ0n) is 34.8. The number of benzene rings is 9. The molecule has 0 atom stereocenters. The number of hydrogen-bond donors (Lipinski definition) is 0. The Morgan fingerprint density at radius 2 is 0.892 bits per heavy atom. The molecule has 0 spiro atoms. The number of rotatable bonds is 7. The normalized spacial score (nSPS) is 11.7. The van der Waals surface area contributed by atoms with E-state index in [4.69, 9.17) is 24.4 Å². The van der Waals surface area contributed by atoms with Gasteiger partial charge < -0.3 is 8.98 Å². The molecule has 0 unspecified atom stereocenters. The van der Waals surface area contributed by atoms with Gasteiger partial charge in [0.1, 0.15) is 16.2 Å². The second-order valence-electron chi connectivity index (χ2n) is 16.2. The molecule has 0 fully saturated rings. The van der Waals surface area contributed by atoms with E-state index >= 15 is 0 Å². The quantitative estimate of drug-likeness (QED) is 0.160. The van der Waals surface area contributed by atoms with Crippen molar-refractivity contribution in [3.8, 4) is 72.7 Å². The molecule has 13 aromatic rings. The number of aromatic nitrogens is 5. The molecule has 0 aliphatic heterocycles. The van der Waals surface area contributed by atoms with Gasteiger partial charge in [0.15, 0.2) is 17.5 Å². The first-order chi connectivity index (χ1) is 32.2. The lowest BCUT2D eigenvalue weighted by molar-refractivity contribution is 0.671. The fraction of sp³-hybridized carbons (Fsp3) is 0. The Hall–Kier alpha value is -8.52. The van der Waals surface area contributed by atoms with E-state index in [-0.39, 0.29) is 0 Å². The van der Waals surface area contributed by atoms with Crippen LogP contribution in [0.25, 0.3) is 127 Å². The molecular weight excluding hydrogens is 815 g/mol. The lowest BCUT2D eigenvalue weighted by Crippen LogP contribution is -2.00. The third-order valence-electron chi connectivity index (χ3n) is 12.3. The van der Waals surface area contributed by atoms with Crippen molar-refractivity contribution in [2.45, 2.75) is 0 Å². The zero-order chi connectivity index (χ0) is 42.8. The summed E-state index contributed by atoms with van der Waals surface area (Å²) in [5, 5.41) is 5.54. The van der Waals surface area contributed by atoms with E-state index < -0.39 is 0 Å². The van der Waals surface area contributed by atoms with Crippen LogP contribution in [0.2, 0.25) is 0 Å². The maximum absolute atomic E-state index is 6.83. The third-order valence-corrected chi connectivity index (χ3v) is 13.4. The van der Waals surface area contributed by atoms with Gasteiger partial charge >= 0.3 is 0 Å². The third kappa shape index (κ3) is 6.32. The number of nitrogens with zero attached hydrogens (tertiary/aromatic N) is 5. The van der Waals surface area contributed by atoms with Crippen LogP contribution in [0.1, 0.15) is 0 Å². The molecule has 0 saturated heterocycles. The van der Waals surface area contributed by atoms with Crippen molar-refractivity contribution in [2.24, 2.45) is 0 Å². The Bertz CT molecular complexity index is 3890. The Morgan fingerprint density at radius 3 is 1.58 bits per heavy atom.